The first kappa shape index (κ1) is 15.4. The van der Waals surface area contributed by atoms with Crippen LogP contribution in [0.1, 0.15) is 26.3 Å². The lowest BCUT2D eigenvalue weighted by molar-refractivity contribution is -0.141. The van der Waals surface area contributed by atoms with Crippen molar-refractivity contribution in [2.24, 2.45) is 11.8 Å². The van der Waals surface area contributed by atoms with E-state index < -0.39 is 11.9 Å². The minimum Gasteiger partial charge on any atom is -0.481 e. The molecule has 114 valence electrons. The van der Waals surface area contributed by atoms with Gasteiger partial charge in [0.25, 0.3) is 0 Å². The molecule has 2 rings (SSSR count). The number of aliphatic carboxylic acids is 1. The van der Waals surface area contributed by atoms with Crippen LogP contribution in [0.4, 0.5) is 10.5 Å². The lowest BCUT2D eigenvalue weighted by Crippen LogP contribution is -2.50. The Bertz CT molecular complexity index is 542. The summed E-state index contributed by atoms with van der Waals surface area (Å²) in [6, 6.07) is 7.30. The molecule has 2 N–H and O–H groups in total. The van der Waals surface area contributed by atoms with Gasteiger partial charge in [-0.1, -0.05) is 32.0 Å². The van der Waals surface area contributed by atoms with Gasteiger partial charge < -0.3 is 10.4 Å². The van der Waals surface area contributed by atoms with E-state index in [4.69, 9.17) is 0 Å². The number of carbonyl (C=O) groups is 2. The van der Waals surface area contributed by atoms with E-state index in [2.05, 4.69) is 5.32 Å². The third-order valence-corrected chi connectivity index (χ3v) is 4.10. The average Bonchev–Trinajstić information content (AvgIpc) is 2.45. The van der Waals surface area contributed by atoms with E-state index in [0.29, 0.717) is 12.3 Å². The summed E-state index contributed by atoms with van der Waals surface area (Å²) in [6.45, 7) is 6.24. The predicted octanol–water partition coefficient (Wildman–Crippen LogP) is 2.50. The number of fused-ring (bicyclic) bond motifs is 1. The molecule has 1 aromatic rings. The number of benzene rings is 1. The van der Waals surface area contributed by atoms with Gasteiger partial charge in [0.15, 0.2) is 0 Å². The Kier molecular flexibility index (Phi) is 4.50. The van der Waals surface area contributed by atoms with Crippen molar-refractivity contribution in [1.82, 2.24) is 5.32 Å². The monoisotopic (exact) mass is 290 g/mol. The molecule has 0 bridgehead atoms. The number of anilines is 1. The van der Waals surface area contributed by atoms with E-state index in [1.807, 2.05) is 45.0 Å². The summed E-state index contributed by atoms with van der Waals surface area (Å²) in [5, 5.41) is 12.2. The molecule has 5 nitrogen and oxygen atoms in total. The highest BCUT2D eigenvalue weighted by atomic mass is 16.4. The lowest BCUT2D eigenvalue weighted by atomic mass is 9.93. The molecule has 1 aliphatic heterocycles. The Labute approximate surface area is 125 Å². The Morgan fingerprint density at radius 3 is 2.57 bits per heavy atom. The van der Waals surface area contributed by atoms with Crippen molar-refractivity contribution in [3.8, 4) is 0 Å². The molecule has 2 unspecified atom stereocenters. The van der Waals surface area contributed by atoms with Crippen molar-refractivity contribution in [2.75, 3.05) is 11.4 Å². The van der Waals surface area contributed by atoms with Gasteiger partial charge in [-0.05, 0) is 30.9 Å². The fourth-order valence-corrected chi connectivity index (χ4v) is 2.39. The molecule has 0 aromatic heterocycles. The number of para-hydroxylation sites is 1. The summed E-state index contributed by atoms with van der Waals surface area (Å²) in [6.07, 6.45) is 0.467. The third kappa shape index (κ3) is 3.35. The molecule has 0 aliphatic carbocycles. The molecule has 1 heterocycles. The first-order valence-electron chi connectivity index (χ1n) is 7.29. The standard InChI is InChI=1S/C16H22N2O3/c1-10(2)11(3)17-16(21)18-9-13(15(19)20)8-12-6-4-5-7-14(12)18/h4-7,10-11,13H,8-9H2,1-3H3,(H,17,21)(H,19,20). The summed E-state index contributed by atoms with van der Waals surface area (Å²) in [5.74, 6) is -1.09. The van der Waals surface area contributed by atoms with E-state index in [0.717, 1.165) is 11.3 Å². The van der Waals surface area contributed by atoms with Crippen LogP contribution in [0.5, 0.6) is 0 Å². The highest BCUT2D eigenvalue weighted by molar-refractivity contribution is 5.94. The fraction of sp³-hybridized carbons (Fsp3) is 0.500. The molecule has 2 amide bonds. The summed E-state index contributed by atoms with van der Waals surface area (Å²) >= 11 is 0. The van der Waals surface area contributed by atoms with E-state index in [1.54, 1.807) is 4.90 Å². The van der Waals surface area contributed by atoms with Crippen molar-refractivity contribution in [3.05, 3.63) is 29.8 Å². The second-order valence-corrected chi connectivity index (χ2v) is 5.96. The average molecular weight is 290 g/mol. The van der Waals surface area contributed by atoms with Crippen LogP contribution in [0, 0.1) is 11.8 Å². The van der Waals surface area contributed by atoms with Gasteiger partial charge >= 0.3 is 12.0 Å². The molecule has 1 aliphatic rings. The molecule has 21 heavy (non-hydrogen) atoms. The van der Waals surface area contributed by atoms with Crippen LogP contribution in [0.25, 0.3) is 0 Å². The third-order valence-electron chi connectivity index (χ3n) is 4.10. The maximum atomic E-state index is 12.5. The topological polar surface area (TPSA) is 69.6 Å². The molecule has 0 saturated carbocycles. The Morgan fingerprint density at radius 1 is 1.29 bits per heavy atom. The zero-order valence-electron chi connectivity index (χ0n) is 12.7. The van der Waals surface area contributed by atoms with Crippen molar-refractivity contribution in [1.29, 1.82) is 0 Å². The molecule has 2 atom stereocenters. The van der Waals surface area contributed by atoms with Gasteiger partial charge in [0.05, 0.1) is 5.92 Å². The number of carboxylic acid groups (broad SMARTS) is 1. The number of nitrogens with one attached hydrogen (secondary N) is 1. The predicted molar refractivity (Wildman–Crippen MR) is 81.4 cm³/mol. The molecule has 0 fully saturated rings. The van der Waals surface area contributed by atoms with Crippen molar-refractivity contribution >= 4 is 17.7 Å². The maximum Gasteiger partial charge on any atom is 0.322 e. The number of rotatable bonds is 3. The molecule has 1 aromatic carbocycles. The van der Waals surface area contributed by atoms with Gasteiger partial charge in [-0.25, -0.2) is 4.79 Å². The number of carboxylic acids is 1. The summed E-state index contributed by atoms with van der Waals surface area (Å²) < 4.78 is 0. The van der Waals surface area contributed by atoms with E-state index >= 15 is 0 Å². The van der Waals surface area contributed by atoms with Crippen LogP contribution in [0.2, 0.25) is 0 Å². The summed E-state index contributed by atoms with van der Waals surface area (Å²) in [4.78, 5) is 25.3. The zero-order valence-corrected chi connectivity index (χ0v) is 12.7. The van der Waals surface area contributed by atoms with E-state index in [9.17, 15) is 14.7 Å². The number of hydrogen-bond donors (Lipinski definition) is 2. The molecular formula is C16H22N2O3. The fourth-order valence-electron chi connectivity index (χ4n) is 2.39. The van der Waals surface area contributed by atoms with Crippen LogP contribution < -0.4 is 10.2 Å². The second-order valence-electron chi connectivity index (χ2n) is 5.96. The molecular weight excluding hydrogens is 268 g/mol. The zero-order chi connectivity index (χ0) is 15.6. The largest absolute Gasteiger partial charge is 0.481 e. The van der Waals surface area contributed by atoms with Crippen LogP contribution in [0.3, 0.4) is 0 Å². The minimum atomic E-state index is -0.862. The lowest BCUT2D eigenvalue weighted by Gasteiger charge is -2.34. The number of amides is 2. The Balaban J connectivity index is 2.25. The first-order chi connectivity index (χ1) is 9.90. The van der Waals surface area contributed by atoms with Crippen LogP contribution in [-0.4, -0.2) is 29.7 Å². The van der Waals surface area contributed by atoms with Crippen LogP contribution in [-0.2, 0) is 11.2 Å². The quantitative estimate of drug-likeness (QED) is 0.898. The first-order valence-corrected chi connectivity index (χ1v) is 7.29. The minimum absolute atomic E-state index is 0.0369. The smallest absolute Gasteiger partial charge is 0.322 e. The number of nitrogens with zero attached hydrogens (tertiary/aromatic N) is 1. The van der Waals surface area contributed by atoms with Gasteiger partial charge in [0.1, 0.15) is 0 Å². The normalized spacial score (nSPS) is 19.0. The summed E-state index contributed by atoms with van der Waals surface area (Å²) in [5.41, 5.74) is 1.71. The SMILES string of the molecule is CC(C)C(C)NC(=O)N1CC(C(=O)O)Cc2ccccc21. The van der Waals surface area contributed by atoms with Gasteiger partial charge in [0, 0.05) is 18.3 Å². The van der Waals surface area contributed by atoms with Crippen molar-refractivity contribution in [3.63, 3.8) is 0 Å². The second kappa shape index (κ2) is 6.16. The highest BCUT2D eigenvalue weighted by Crippen LogP contribution is 2.29. The molecule has 0 spiro atoms. The summed E-state index contributed by atoms with van der Waals surface area (Å²) in [7, 11) is 0. The van der Waals surface area contributed by atoms with Gasteiger partial charge in [0.2, 0.25) is 0 Å². The van der Waals surface area contributed by atoms with Gasteiger partial charge in [-0.2, -0.15) is 0 Å². The molecule has 5 heteroatoms. The Morgan fingerprint density at radius 2 is 1.95 bits per heavy atom. The van der Waals surface area contributed by atoms with Crippen LogP contribution >= 0.6 is 0 Å². The molecule has 0 radical (unpaired) electrons. The van der Waals surface area contributed by atoms with Crippen molar-refractivity contribution in [2.45, 2.75) is 33.2 Å². The number of carbonyl (C=O) groups excluding carboxylic acids is 1. The van der Waals surface area contributed by atoms with Gasteiger partial charge in [-0.3, -0.25) is 9.69 Å². The maximum absolute atomic E-state index is 12.5. The molecule has 0 saturated heterocycles. The van der Waals surface area contributed by atoms with E-state index in [1.165, 1.54) is 0 Å². The Hall–Kier alpha value is -2.04. The van der Waals surface area contributed by atoms with E-state index in [-0.39, 0.29) is 18.6 Å². The van der Waals surface area contributed by atoms with Crippen LogP contribution in [0.15, 0.2) is 24.3 Å². The number of urea groups is 1. The highest BCUT2D eigenvalue weighted by Gasteiger charge is 2.32. The van der Waals surface area contributed by atoms with Gasteiger partial charge in [-0.15, -0.1) is 0 Å². The van der Waals surface area contributed by atoms with Crippen molar-refractivity contribution < 1.29 is 14.7 Å². The number of hydrogen-bond acceptors (Lipinski definition) is 2.